The Kier molecular flexibility index (Phi) is 10.4. The molecule has 184 valence electrons. The summed E-state index contributed by atoms with van der Waals surface area (Å²) in [5, 5.41) is 3.07. The van der Waals surface area contributed by atoms with Gasteiger partial charge >= 0.3 is 0 Å². The van der Waals surface area contributed by atoms with Gasteiger partial charge in [0.2, 0.25) is 11.8 Å². The van der Waals surface area contributed by atoms with Crippen molar-refractivity contribution in [1.29, 1.82) is 0 Å². The molecule has 4 nitrogen and oxygen atoms in total. The molecule has 0 bridgehead atoms. The molecule has 0 heterocycles. The zero-order chi connectivity index (χ0) is 25.0. The first kappa shape index (κ1) is 26.6. The first-order chi connectivity index (χ1) is 16.9. The minimum Gasteiger partial charge on any atom is -0.354 e. The number of benzene rings is 3. The fourth-order valence-corrected chi connectivity index (χ4v) is 4.85. The summed E-state index contributed by atoms with van der Waals surface area (Å²) in [5.41, 5.74) is 4.51. The van der Waals surface area contributed by atoms with Gasteiger partial charge in [-0.15, -0.1) is 11.8 Å². The molecule has 5 heteroatoms. The molecule has 0 aliphatic carbocycles. The minimum absolute atomic E-state index is 0.0203. The highest BCUT2D eigenvalue weighted by Gasteiger charge is 2.30. The maximum Gasteiger partial charge on any atom is 0.243 e. The molecule has 1 N–H and O–H groups in total. The maximum atomic E-state index is 13.6. The minimum atomic E-state index is -0.581. The van der Waals surface area contributed by atoms with Gasteiger partial charge < -0.3 is 10.2 Å². The molecule has 1 atom stereocenters. The molecule has 0 aliphatic rings. The van der Waals surface area contributed by atoms with Crippen LogP contribution < -0.4 is 5.32 Å². The van der Waals surface area contributed by atoms with Crippen molar-refractivity contribution in [2.75, 3.05) is 12.3 Å². The van der Waals surface area contributed by atoms with Crippen molar-refractivity contribution in [2.24, 2.45) is 5.92 Å². The van der Waals surface area contributed by atoms with Gasteiger partial charge in [-0.3, -0.25) is 9.59 Å². The second-order valence-corrected chi connectivity index (χ2v) is 10.3. The van der Waals surface area contributed by atoms with E-state index in [-0.39, 0.29) is 11.8 Å². The molecule has 3 rings (SSSR count). The predicted octanol–water partition coefficient (Wildman–Crippen LogP) is 5.64. The highest BCUT2D eigenvalue weighted by molar-refractivity contribution is 7.99. The molecule has 3 aromatic rings. The van der Waals surface area contributed by atoms with Gasteiger partial charge in [-0.25, -0.2) is 0 Å². The van der Waals surface area contributed by atoms with Gasteiger partial charge in [0.05, 0.1) is 5.75 Å². The summed E-state index contributed by atoms with van der Waals surface area (Å²) in [7, 11) is 0. The van der Waals surface area contributed by atoms with Crippen LogP contribution in [-0.4, -0.2) is 35.1 Å². The molecule has 2 amide bonds. The van der Waals surface area contributed by atoms with Crippen LogP contribution in [0.5, 0.6) is 0 Å². The molecule has 0 aromatic heterocycles. The number of hydrogen-bond donors (Lipinski definition) is 1. The van der Waals surface area contributed by atoms with E-state index < -0.39 is 6.04 Å². The molecule has 0 radical (unpaired) electrons. The molecule has 0 spiro atoms. The van der Waals surface area contributed by atoms with Crippen molar-refractivity contribution >= 4 is 23.6 Å². The molecule has 0 fully saturated rings. The van der Waals surface area contributed by atoms with E-state index in [9.17, 15) is 9.59 Å². The molecule has 3 aromatic carbocycles. The van der Waals surface area contributed by atoms with Gasteiger partial charge in [-0.1, -0.05) is 98.8 Å². The van der Waals surface area contributed by atoms with Crippen LogP contribution in [0, 0.1) is 12.8 Å². The summed E-state index contributed by atoms with van der Waals surface area (Å²) < 4.78 is 0. The summed E-state index contributed by atoms with van der Waals surface area (Å²) in [4.78, 5) is 28.8. The summed E-state index contributed by atoms with van der Waals surface area (Å²) in [6.07, 6.45) is 0.478. The van der Waals surface area contributed by atoms with E-state index in [1.54, 1.807) is 16.7 Å². The van der Waals surface area contributed by atoms with Crippen molar-refractivity contribution in [3.8, 4) is 0 Å². The van der Waals surface area contributed by atoms with Crippen molar-refractivity contribution in [2.45, 2.75) is 45.5 Å². The number of thioether (sulfide) groups is 1. The van der Waals surface area contributed by atoms with Crippen molar-refractivity contribution in [3.63, 3.8) is 0 Å². The average Bonchev–Trinajstić information content (AvgIpc) is 2.87. The van der Waals surface area contributed by atoms with Gasteiger partial charge in [-0.05, 0) is 35.1 Å². The molecule has 0 unspecified atom stereocenters. The SMILES string of the molecule is Cc1ccccc1CSCC(=O)N(Cc1ccccc1)[C@@H](Cc1ccccc1)C(=O)NCC(C)C. The Morgan fingerprint density at radius 2 is 1.46 bits per heavy atom. The Labute approximate surface area is 214 Å². The van der Waals surface area contributed by atoms with Crippen LogP contribution in [0.3, 0.4) is 0 Å². The first-order valence-electron chi connectivity index (χ1n) is 12.2. The van der Waals surface area contributed by atoms with Crippen LogP contribution in [0.1, 0.15) is 36.1 Å². The van der Waals surface area contributed by atoms with Crippen LogP contribution >= 0.6 is 11.8 Å². The Morgan fingerprint density at radius 1 is 0.857 bits per heavy atom. The summed E-state index contributed by atoms with van der Waals surface area (Å²) in [6, 6.07) is 27.5. The van der Waals surface area contributed by atoms with E-state index in [0.717, 1.165) is 16.9 Å². The van der Waals surface area contributed by atoms with E-state index in [0.29, 0.717) is 31.2 Å². The Hall–Kier alpha value is -3.05. The lowest BCUT2D eigenvalue weighted by Gasteiger charge is -2.32. The molecular weight excluding hydrogens is 452 g/mol. The van der Waals surface area contributed by atoms with Gasteiger partial charge in [0, 0.05) is 25.3 Å². The number of nitrogens with zero attached hydrogens (tertiary/aromatic N) is 1. The monoisotopic (exact) mass is 488 g/mol. The van der Waals surface area contributed by atoms with Crippen LogP contribution in [0.15, 0.2) is 84.9 Å². The molecule has 0 saturated heterocycles. The zero-order valence-corrected chi connectivity index (χ0v) is 21.8. The largest absolute Gasteiger partial charge is 0.354 e. The molecule has 0 saturated carbocycles. The molecule has 35 heavy (non-hydrogen) atoms. The smallest absolute Gasteiger partial charge is 0.243 e. The lowest BCUT2D eigenvalue weighted by molar-refractivity contribution is -0.139. The van der Waals surface area contributed by atoms with Crippen molar-refractivity contribution < 1.29 is 9.59 Å². The van der Waals surface area contributed by atoms with Crippen molar-refractivity contribution in [3.05, 3.63) is 107 Å². The predicted molar refractivity (Wildman–Crippen MR) is 146 cm³/mol. The molecular formula is C30H36N2O2S. The number of nitrogens with one attached hydrogen (secondary N) is 1. The second kappa shape index (κ2) is 13.7. The van der Waals surface area contributed by atoms with Gasteiger partial charge in [-0.2, -0.15) is 0 Å². The molecule has 0 aliphatic heterocycles. The van der Waals surface area contributed by atoms with E-state index in [1.165, 1.54) is 11.1 Å². The number of hydrogen-bond acceptors (Lipinski definition) is 3. The summed E-state index contributed by atoms with van der Waals surface area (Å²) in [6.45, 7) is 7.22. The van der Waals surface area contributed by atoms with Crippen molar-refractivity contribution in [1.82, 2.24) is 10.2 Å². The van der Waals surface area contributed by atoms with E-state index in [2.05, 4.69) is 38.2 Å². The standard InChI is InChI=1S/C30H36N2O2S/c1-23(2)19-31-30(34)28(18-25-13-6-4-7-14-25)32(20-26-15-8-5-9-16-26)29(33)22-35-21-27-17-11-10-12-24(27)3/h4-17,23,28H,18-22H2,1-3H3,(H,31,34)/t28-/m0/s1. The number of carbonyl (C=O) groups excluding carboxylic acids is 2. The quantitative estimate of drug-likeness (QED) is 0.359. The number of carbonyl (C=O) groups is 2. The fraction of sp³-hybridized carbons (Fsp3) is 0.333. The fourth-order valence-electron chi connectivity index (χ4n) is 3.86. The average molecular weight is 489 g/mol. The third kappa shape index (κ3) is 8.59. The third-order valence-corrected chi connectivity index (χ3v) is 6.86. The lowest BCUT2D eigenvalue weighted by Crippen LogP contribution is -2.51. The Balaban J connectivity index is 1.82. The highest BCUT2D eigenvalue weighted by Crippen LogP contribution is 2.20. The zero-order valence-electron chi connectivity index (χ0n) is 20.9. The van der Waals surface area contributed by atoms with E-state index in [4.69, 9.17) is 0 Å². The van der Waals surface area contributed by atoms with E-state index >= 15 is 0 Å². The maximum absolute atomic E-state index is 13.6. The van der Waals surface area contributed by atoms with Crippen LogP contribution in [0.25, 0.3) is 0 Å². The van der Waals surface area contributed by atoms with E-state index in [1.807, 2.05) is 72.8 Å². The number of rotatable bonds is 12. The second-order valence-electron chi connectivity index (χ2n) is 9.27. The topological polar surface area (TPSA) is 49.4 Å². The first-order valence-corrected chi connectivity index (χ1v) is 13.4. The Morgan fingerprint density at radius 3 is 2.09 bits per heavy atom. The lowest BCUT2D eigenvalue weighted by atomic mass is 10.0. The van der Waals surface area contributed by atoms with Crippen LogP contribution in [-0.2, 0) is 28.3 Å². The Bertz CT molecular complexity index is 1070. The van der Waals surface area contributed by atoms with Crippen LogP contribution in [0.4, 0.5) is 0 Å². The normalized spacial score (nSPS) is 11.8. The van der Waals surface area contributed by atoms with Gasteiger partial charge in [0.25, 0.3) is 0 Å². The third-order valence-electron chi connectivity index (χ3n) is 5.90. The van der Waals surface area contributed by atoms with Gasteiger partial charge in [0.1, 0.15) is 6.04 Å². The summed E-state index contributed by atoms with van der Waals surface area (Å²) in [5.74, 6) is 1.30. The van der Waals surface area contributed by atoms with Crippen LogP contribution in [0.2, 0.25) is 0 Å². The highest BCUT2D eigenvalue weighted by atomic mass is 32.2. The summed E-state index contributed by atoms with van der Waals surface area (Å²) >= 11 is 1.60. The van der Waals surface area contributed by atoms with Gasteiger partial charge in [0.15, 0.2) is 0 Å². The number of amides is 2. The number of aryl methyl sites for hydroxylation is 1.